The first kappa shape index (κ1) is 17.1. The number of para-hydroxylation sites is 1. The Labute approximate surface area is 138 Å². The van der Waals surface area contributed by atoms with E-state index in [1.807, 2.05) is 18.2 Å². The largest absolute Gasteiger partial charge is 0.496 e. The van der Waals surface area contributed by atoms with Crippen molar-refractivity contribution in [1.29, 1.82) is 0 Å². The van der Waals surface area contributed by atoms with E-state index in [4.69, 9.17) is 10.5 Å². The van der Waals surface area contributed by atoms with Gasteiger partial charge in [0.2, 0.25) is 0 Å². The second-order valence-corrected chi connectivity index (χ2v) is 5.01. The zero-order chi connectivity index (χ0) is 13.5. The van der Waals surface area contributed by atoms with Crippen molar-refractivity contribution in [3.05, 3.63) is 29.8 Å². The van der Waals surface area contributed by atoms with E-state index in [-0.39, 0.29) is 24.0 Å². The van der Waals surface area contributed by atoms with Crippen LogP contribution in [0.2, 0.25) is 0 Å². The molecule has 0 aromatic heterocycles. The van der Waals surface area contributed by atoms with Gasteiger partial charge in [-0.1, -0.05) is 24.6 Å². The van der Waals surface area contributed by atoms with Crippen molar-refractivity contribution in [3.8, 4) is 5.75 Å². The van der Waals surface area contributed by atoms with Crippen LogP contribution in [0.15, 0.2) is 29.3 Å². The minimum Gasteiger partial charge on any atom is -0.496 e. The van der Waals surface area contributed by atoms with Crippen LogP contribution in [0.3, 0.4) is 0 Å². The third-order valence-corrected chi connectivity index (χ3v) is 3.64. The van der Waals surface area contributed by atoms with Crippen molar-refractivity contribution in [1.82, 2.24) is 5.32 Å². The third kappa shape index (κ3) is 5.19. The third-order valence-electron chi connectivity index (χ3n) is 3.64. The molecular weight excluding hydrogens is 365 g/mol. The predicted molar refractivity (Wildman–Crippen MR) is 93.9 cm³/mol. The highest BCUT2D eigenvalue weighted by Crippen LogP contribution is 2.26. The van der Waals surface area contributed by atoms with Crippen LogP contribution < -0.4 is 15.8 Å². The van der Waals surface area contributed by atoms with E-state index in [1.165, 1.54) is 24.8 Å². The highest BCUT2D eigenvalue weighted by molar-refractivity contribution is 14.0. The maximum atomic E-state index is 5.84. The Morgan fingerprint density at radius 2 is 2.15 bits per heavy atom. The van der Waals surface area contributed by atoms with Crippen LogP contribution in [-0.2, 0) is 6.42 Å². The fourth-order valence-electron chi connectivity index (χ4n) is 2.19. The SMILES string of the molecule is COc1ccccc1CCNC(N)=NCC1CCC1.I. The Morgan fingerprint density at radius 1 is 1.40 bits per heavy atom. The molecule has 4 nitrogen and oxygen atoms in total. The van der Waals surface area contributed by atoms with Crippen LogP contribution in [-0.4, -0.2) is 26.2 Å². The molecule has 0 atom stereocenters. The maximum absolute atomic E-state index is 5.84. The molecule has 112 valence electrons. The van der Waals surface area contributed by atoms with Crippen LogP contribution in [0.25, 0.3) is 0 Å². The van der Waals surface area contributed by atoms with Crippen molar-refractivity contribution in [2.75, 3.05) is 20.2 Å². The average molecular weight is 389 g/mol. The Morgan fingerprint density at radius 3 is 2.80 bits per heavy atom. The number of rotatable bonds is 6. The summed E-state index contributed by atoms with van der Waals surface area (Å²) in [6.45, 7) is 1.65. The molecule has 20 heavy (non-hydrogen) atoms. The normalized spacial score (nSPS) is 15.2. The number of nitrogens with zero attached hydrogens (tertiary/aromatic N) is 1. The lowest BCUT2D eigenvalue weighted by Gasteiger charge is -2.23. The molecule has 2 rings (SSSR count). The van der Waals surface area contributed by atoms with Crippen LogP contribution in [0.1, 0.15) is 24.8 Å². The number of guanidine groups is 1. The van der Waals surface area contributed by atoms with E-state index < -0.39 is 0 Å². The summed E-state index contributed by atoms with van der Waals surface area (Å²) in [5.41, 5.74) is 7.03. The molecule has 0 spiro atoms. The van der Waals surface area contributed by atoms with Gasteiger partial charge in [0.1, 0.15) is 5.75 Å². The zero-order valence-electron chi connectivity index (χ0n) is 12.0. The van der Waals surface area contributed by atoms with Gasteiger partial charge in [0.15, 0.2) is 5.96 Å². The minimum absolute atomic E-state index is 0. The summed E-state index contributed by atoms with van der Waals surface area (Å²) in [5, 5.41) is 3.16. The second kappa shape index (κ2) is 9.05. The van der Waals surface area contributed by atoms with Crippen LogP contribution in [0.4, 0.5) is 0 Å². The van der Waals surface area contributed by atoms with Crippen molar-refractivity contribution in [3.63, 3.8) is 0 Å². The molecule has 0 unspecified atom stereocenters. The van der Waals surface area contributed by atoms with Crippen molar-refractivity contribution in [2.24, 2.45) is 16.6 Å². The van der Waals surface area contributed by atoms with E-state index in [0.717, 1.165) is 31.2 Å². The van der Waals surface area contributed by atoms with Gasteiger partial charge in [0, 0.05) is 13.1 Å². The lowest BCUT2D eigenvalue weighted by Crippen LogP contribution is -2.34. The van der Waals surface area contributed by atoms with Gasteiger partial charge in [-0.25, -0.2) is 0 Å². The molecule has 0 saturated heterocycles. The first-order valence-electron chi connectivity index (χ1n) is 6.95. The lowest BCUT2D eigenvalue weighted by molar-refractivity contribution is 0.326. The Bertz CT molecular complexity index is 433. The van der Waals surface area contributed by atoms with Gasteiger partial charge in [-0.3, -0.25) is 4.99 Å². The first-order valence-corrected chi connectivity index (χ1v) is 6.95. The van der Waals surface area contributed by atoms with E-state index in [9.17, 15) is 0 Å². The molecule has 0 amide bonds. The quantitative estimate of drug-likeness (QED) is 0.447. The summed E-state index contributed by atoms with van der Waals surface area (Å²) < 4.78 is 5.31. The van der Waals surface area contributed by atoms with E-state index in [2.05, 4.69) is 16.4 Å². The number of benzene rings is 1. The molecule has 1 aromatic carbocycles. The van der Waals surface area contributed by atoms with Gasteiger partial charge in [-0.2, -0.15) is 0 Å². The zero-order valence-corrected chi connectivity index (χ0v) is 14.3. The standard InChI is InChI=1S/C15H23N3O.HI/c1-19-14-8-3-2-7-13(14)9-10-17-15(16)18-11-12-5-4-6-12;/h2-3,7-8,12H,4-6,9-11H2,1H3,(H3,16,17,18);1H. The number of methoxy groups -OCH3 is 1. The van der Waals surface area contributed by atoms with Gasteiger partial charge in [0.05, 0.1) is 7.11 Å². The highest BCUT2D eigenvalue weighted by Gasteiger charge is 2.16. The topological polar surface area (TPSA) is 59.6 Å². The fraction of sp³-hybridized carbons (Fsp3) is 0.533. The fourth-order valence-corrected chi connectivity index (χ4v) is 2.19. The molecule has 5 heteroatoms. The Balaban J connectivity index is 0.00000200. The smallest absolute Gasteiger partial charge is 0.188 e. The molecule has 3 N–H and O–H groups in total. The molecule has 0 aliphatic heterocycles. The Hall–Kier alpha value is -0.980. The monoisotopic (exact) mass is 389 g/mol. The Kier molecular flexibility index (Phi) is 7.72. The van der Waals surface area contributed by atoms with Crippen molar-refractivity contribution < 1.29 is 4.74 Å². The van der Waals surface area contributed by atoms with Gasteiger partial charge in [-0.15, -0.1) is 24.0 Å². The molecule has 0 bridgehead atoms. The summed E-state index contributed by atoms with van der Waals surface area (Å²) in [6.07, 6.45) is 4.83. The summed E-state index contributed by atoms with van der Waals surface area (Å²) in [7, 11) is 1.70. The summed E-state index contributed by atoms with van der Waals surface area (Å²) >= 11 is 0. The van der Waals surface area contributed by atoms with Gasteiger partial charge in [0.25, 0.3) is 0 Å². The van der Waals surface area contributed by atoms with E-state index in [1.54, 1.807) is 7.11 Å². The first-order chi connectivity index (χ1) is 9.29. The molecule has 1 aliphatic rings. The summed E-state index contributed by atoms with van der Waals surface area (Å²) in [6, 6.07) is 8.04. The maximum Gasteiger partial charge on any atom is 0.188 e. The average Bonchev–Trinajstić information content (AvgIpc) is 2.37. The highest BCUT2D eigenvalue weighted by atomic mass is 127. The van der Waals surface area contributed by atoms with Crippen LogP contribution in [0, 0.1) is 5.92 Å². The number of aliphatic imine (C=N–C) groups is 1. The van der Waals surface area contributed by atoms with Crippen LogP contribution >= 0.6 is 24.0 Å². The molecule has 1 fully saturated rings. The summed E-state index contributed by atoms with van der Waals surface area (Å²) in [4.78, 5) is 4.37. The number of hydrogen-bond acceptors (Lipinski definition) is 2. The molecule has 0 heterocycles. The molecular formula is C15H24IN3O. The molecule has 1 aliphatic carbocycles. The van der Waals surface area contributed by atoms with Crippen molar-refractivity contribution in [2.45, 2.75) is 25.7 Å². The van der Waals surface area contributed by atoms with Gasteiger partial charge < -0.3 is 15.8 Å². The van der Waals surface area contributed by atoms with E-state index in [0.29, 0.717) is 5.96 Å². The number of ether oxygens (including phenoxy) is 1. The number of nitrogens with two attached hydrogens (primary N) is 1. The van der Waals surface area contributed by atoms with Gasteiger partial charge in [-0.05, 0) is 36.8 Å². The number of halogens is 1. The number of hydrogen-bond donors (Lipinski definition) is 2. The van der Waals surface area contributed by atoms with E-state index >= 15 is 0 Å². The van der Waals surface area contributed by atoms with Crippen molar-refractivity contribution >= 4 is 29.9 Å². The second-order valence-electron chi connectivity index (χ2n) is 5.01. The predicted octanol–water partition coefficient (Wildman–Crippen LogP) is 2.56. The van der Waals surface area contributed by atoms with Gasteiger partial charge >= 0.3 is 0 Å². The molecule has 1 saturated carbocycles. The minimum atomic E-state index is 0. The molecule has 0 radical (unpaired) electrons. The number of nitrogens with one attached hydrogen (secondary N) is 1. The van der Waals surface area contributed by atoms with Crippen LogP contribution in [0.5, 0.6) is 5.75 Å². The summed E-state index contributed by atoms with van der Waals surface area (Å²) in [5.74, 6) is 2.24. The molecule has 1 aromatic rings. The lowest BCUT2D eigenvalue weighted by atomic mass is 9.86.